The van der Waals surface area contributed by atoms with Gasteiger partial charge in [0.2, 0.25) is 0 Å². The van der Waals surface area contributed by atoms with Crippen LogP contribution >= 0.6 is 0 Å². The zero-order chi connectivity index (χ0) is 11.1. The molecule has 2 heteroatoms. The Kier molecular flexibility index (Phi) is 2.23. The van der Waals surface area contributed by atoms with Crippen LogP contribution in [0.3, 0.4) is 0 Å². The summed E-state index contributed by atoms with van der Waals surface area (Å²) < 4.78 is 0. The second kappa shape index (κ2) is 3.62. The molecule has 16 heavy (non-hydrogen) atoms. The van der Waals surface area contributed by atoms with Crippen molar-refractivity contribution in [1.82, 2.24) is 0 Å². The number of hydrogen-bond donors (Lipinski definition) is 0. The van der Waals surface area contributed by atoms with E-state index >= 15 is 0 Å². The van der Waals surface area contributed by atoms with Gasteiger partial charge >= 0.3 is 0 Å². The van der Waals surface area contributed by atoms with E-state index < -0.39 is 0 Å². The van der Waals surface area contributed by atoms with E-state index in [1.165, 1.54) is 48.3 Å². The van der Waals surface area contributed by atoms with Crippen LogP contribution in [0, 0.1) is 6.92 Å². The largest absolute Gasteiger partial charge is 0.371 e. The molecule has 2 aliphatic rings. The third kappa shape index (κ3) is 1.29. The summed E-state index contributed by atoms with van der Waals surface area (Å²) in [5.74, 6) is 0. The van der Waals surface area contributed by atoms with Crippen LogP contribution in [-0.2, 0) is 12.8 Å². The molecule has 0 aliphatic carbocycles. The number of carbonyl (C=O) groups is 1. The van der Waals surface area contributed by atoms with Gasteiger partial charge < -0.3 is 4.90 Å². The van der Waals surface area contributed by atoms with E-state index in [2.05, 4.69) is 17.9 Å². The molecule has 0 atom stereocenters. The molecule has 0 bridgehead atoms. The summed E-state index contributed by atoms with van der Waals surface area (Å²) in [4.78, 5) is 13.6. The van der Waals surface area contributed by atoms with Gasteiger partial charge in [0.1, 0.15) is 6.29 Å². The Bertz CT molecular complexity index is 449. The van der Waals surface area contributed by atoms with Gasteiger partial charge in [0.05, 0.1) is 0 Å². The summed E-state index contributed by atoms with van der Waals surface area (Å²) in [5.41, 5.74) is 6.40. The van der Waals surface area contributed by atoms with E-state index in [-0.39, 0.29) is 0 Å². The molecule has 1 aromatic carbocycles. The lowest BCUT2D eigenvalue weighted by atomic mass is 9.87. The molecule has 0 N–H and O–H groups in total. The summed E-state index contributed by atoms with van der Waals surface area (Å²) >= 11 is 0. The molecule has 0 unspecified atom stereocenters. The molecule has 0 fully saturated rings. The Hall–Kier alpha value is -1.31. The fourth-order valence-electron chi connectivity index (χ4n) is 3.17. The molecule has 0 saturated carbocycles. The van der Waals surface area contributed by atoms with Crippen molar-refractivity contribution >= 4 is 12.0 Å². The van der Waals surface area contributed by atoms with Crippen molar-refractivity contribution in [1.29, 1.82) is 0 Å². The molecule has 1 aromatic rings. The maximum Gasteiger partial charge on any atom is 0.150 e. The molecule has 2 nitrogen and oxygen atoms in total. The molecule has 0 spiro atoms. The van der Waals surface area contributed by atoms with Crippen LogP contribution in [-0.4, -0.2) is 19.4 Å². The Morgan fingerprint density at radius 3 is 2.75 bits per heavy atom. The fourth-order valence-corrected chi connectivity index (χ4v) is 3.17. The van der Waals surface area contributed by atoms with Crippen LogP contribution in [0.1, 0.15) is 39.9 Å². The molecule has 3 rings (SSSR count). The van der Waals surface area contributed by atoms with E-state index in [0.29, 0.717) is 0 Å². The Morgan fingerprint density at radius 1 is 1.25 bits per heavy atom. The SMILES string of the molecule is Cc1c(C=O)cc2c3c1CCCN3CCC2. The van der Waals surface area contributed by atoms with Crippen molar-refractivity contribution in [3.05, 3.63) is 28.3 Å². The first-order chi connectivity index (χ1) is 7.81. The van der Waals surface area contributed by atoms with Gasteiger partial charge in [-0.15, -0.1) is 0 Å². The summed E-state index contributed by atoms with van der Waals surface area (Å²) in [6.45, 7) is 4.48. The monoisotopic (exact) mass is 215 g/mol. The van der Waals surface area contributed by atoms with Gasteiger partial charge in [-0.2, -0.15) is 0 Å². The summed E-state index contributed by atoms with van der Waals surface area (Å²) in [7, 11) is 0. The van der Waals surface area contributed by atoms with Crippen LogP contribution in [0.4, 0.5) is 5.69 Å². The van der Waals surface area contributed by atoms with Crippen LogP contribution in [0.15, 0.2) is 6.07 Å². The van der Waals surface area contributed by atoms with Crippen LogP contribution < -0.4 is 4.90 Å². The van der Waals surface area contributed by atoms with E-state index in [0.717, 1.165) is 24.7 Å². The quantitative estimate of drug-likeness (QED) is 0.671. The number of hydrogen-bond acceptors (Lipinski definition) is 2. The molecule has 2 aliphatic heterocycles. The maximum absolute atomic E-state index is 11.1. The molecule has 0 saturated heterocycles. The highest BCUT2D eigenvalue weighted by Gasteiger charge is 2.25. The highest BCUT2D eigenvalue weighted by Crippen LogP contribution is 2.37. The van der Waals surface area contributed by atoms with Crippen molar-refractivity contribution in [3.63, 3.8) is 0 Å². The number of nitrogens with zero attached hydrogens (tertiary/aromatic N) is 1. The number of aryl methyl sites for hydroxylation is 1. The molecule has 0 amide bonds. The van der Waals surface area contributed by atoms with Gasteiger partial charge in [0.15, 0.2) is 0 Å². The van der Waals surface area contributed by atoms with Gasteiger partial charge in [-0.1, -0.05) is 0 Å². The molecule has 84 valence electrons. The number of benzene rings is 1. The Morgan fingerprint density at radius 2 is 2.00 bits per heavy atom. The van der Waals surface area contributed by atoms with E-state index in [1.54, 1.807) is 0 Å². The van der Waals surface area contributed by atoms with Crippen LogP contribution in [0.5, 0.6) is 0 Å². The smallest absolute Gasteiger partial charge is 0.150 e. The van der Waals surface area contributed by atoms with Crippen molar-refractivity contribution in [2.75, 3.05) is 18.0 Å². The minimum absolute atomic E-state index is 0.900. The van der Waals surface area contributed by atoms with Crippen LogP contribution in [0.2, 0.25) is 0 Å². The van der Waals surface area contributed by atoms with Crippen molar-refractivity contribution < 1.29 is 4.79 Å². The van der Waals surface area contributed by atoms with Gasteiger partial charge in [-0.3, -0.25) is 4.79 Å². The first-order valence-corrected chi connectivity index (χ1v) is 6.16. The first-order valence-electron chi connectivity index (χ1n) is 6.16. The lowest BCUT2D eigenvalue weighted by Crippen LogP contribution is -2.35. The topological polar surface area (TPSA) is 20.3 Å². The van der Waals surface area contributed by atoms with E-state index in [1.807, 2.05) is 0 Å². The minimum Gasteiger partial charge on any atom is -0.371 e. The Balaban J connectivity index is 2.26. The average Bonchev–Trinajstić information content (AvgIpc) is 2.33. The standard InChI is InChI=1S/C14H17NO/c1-10-12(9-16)8-11-4-2-6-15-7-3-5-13(10)14(11)15/h8-9H,2-7H2,1H3. The number of carbonyl (C=O) groups excluding carboxylic acids is 1. The predicted molar refractivity (Wildman–Crippen MR) is 65.4 cm³/mol. The molecule has 0 aromatic heterocycles. The van der Waals surface area contributed by atoms with Crippen LogP contribution in [0.25, 0.3) is 0 Å². The minimum atomic E-state index is 0.900. The molecule has 0 radical (unpaired) electrons. The second-order valence-electron chi connectivity index (χ2n) is 4.89. The van der Waals surface area contributed by atoms with Gasteiger partial charge in [0.25, 0.3) is 0 Å². The fraction of sp³-hybridized carbons (Fsp3) is 0.500. The highest BCUT2D eigenvalue weighted by molar-refractivity contribution is 5.82. The third-order valence-electron chi connectivity index (χ3n) is 3.98. The van der Waals surface area contributed by atoms with E-state index in [9.17, 15) is 4.79 Å². The van der Waals surface area contributed by atoms with Crippen molar-refractivity contribution in [2.24, 2.45) is 0 Å². The van der Waals surface area contributed by atoms with Crippen molar-refractivity contribution in [3.8, 4) is 0 Å². The van der Waals surface area contributed by atoms with E-state index in [4.69, 9.17) is 0 Å². The summed E-state index contributed by atoms with van der Waals surface area (Å²) in [6, 6.07) is 2.11. The zero-order valence-electron chi connectivity index (χ0n) is 9.75. The third-order valence-corrected chi connectivity index (χ3v) is 3.98. The van der Waals surface area contributed by atoms with Gasteiger partial charge in [0, 0.05) is 24.3 Å². The molecular formula is C14H17NO. The highest BCUT2D eigenvalue weighted by atomic mass is 16.1. The summed E-state index contributed by atoms with van der Waals surface area (Å²) in [5, 5.41) is 0. The van der Waals surface area contributed by atoms with Gasteiger partial charge in [-0.25, -0.2) is 0 Å². The maximum atomic E-state index is 11.1. The summed E-state index contributed by atoms with van der Waals surface area (Å²) in [6.07, 6.45) is 5.76. The normalized spacial score (nSPS) is 18.2. The number of anilines is 1. The van der Waals surface area contributed by atoms with Gasteiger partial charge in [-0.05, 0) is 55.4 Å². The second-order valence-corrected chi connectivity index (χ2v) is 4.89. The average molecular weight is 215 g/mol. The number of aldehydes is 1. The lowest BCUT2D eigenvalue weighted by molar-refractivity contribution is 0.112. The molecular weight excluding hydrogens is 198 g/mol. The zero-order valence-corrected chi connectivity index (χ0v) is 9.75. The Labute approximate surface area is 96.3 Å². The number of rotatable bonds is 1. The lowest BCUT2D eigenvalue weighted by Gasteiger charge is -2.38. The first kappa shape index (κ1) is 9.88. The molecule has 2 heterocycles. The van der Waals surface area contributed by atoms with Crippen molar-refractivity contribution in [2.45, 2.75) is 32.6 Å². The predicted octanol–water partition coefficient (Wildman–Crippen LogP) is 2.51.